The molecule has 1 aliphatic heterocycles. The summed E-state index contributed by atoms with van der Waals surface area (Å²) in [6.07, 6.45) is 5.95. The van der Waals surface area contributed by atoms with Crippen molar-refractivity contribution in [2.45, 2.75) is 23.9 Å². The van der Waals surface area contributed by atoms with Crippen LogP contribution in [-0.4, -0.2) is 55.9 Å². The highest BCUT2D eigenvalue weighted by molar-refractivity contribution is 6.09. The highest BCUT2D eigenvalue weighted by Gasteiger charge is 2.48. The van der Waals surface area contributed by atoms with Crippen LogP contribution in [0.3, 0.4) is 0 Å². The maximum Gasteiger partial charge on any atom is 0.178 e. The van der Waals surface area contributed by atoms with Gasteiger partial charge in [-0.25, -0.2) is 0 Å². The molecule has 1 aliphatic carbocycles. The summed E-state index contributed by atoms with van der Waals surface area (Å²) in [5, 5.41) is 2.06. The first kappa shape index (κ1) is 32.6. The van der Waals surface area contributed by atoms with Gasteiger partial charge in [0.15, 0.2) is 5.60 Å². The molecule has 5 aromatic rings. The first-order valence-electron chi connectivity index (χ1n) is 16.5. The number of fused-ring (bicyclic) bond motifs is 8. The van der Waals surface area contributed by atoms with E-state index in [0.29, 0.717) is 13.2 Å². The van der Waals surface area contributed by atoms with E-state index in [1.807, 2.05) is 36.4 Å². The minimum absolute atomic E-state index is 0.433. The van der Waals surface area contributed by atoms with Gasteiger partial charge in [-0.2, -0.15) is 0 Å². The van der Waals surface area contributed by atoms with Gasteiger partial charge in [-0.3, -0.25) is 0 Å². The van der Waals surface area contributed by atoms with Crippen LogP contribution in [0.25, 0.3) is 28.0 Å². The summed E-state index contributed by atoms with van der Waals surface area (Å²) in [6, 6.07) is 28.9. The average Bonchev–Trinajstić information content (AvgIpc) is 3.45. The van der Waals surface area contributed by atoms with E-state index in [2.05, 4.69) is 60.7 Å². The van der Waals surface area contributed by atoms with Crippen LogP contribution in [0, 0.1) is 0 Å². The lowest BCUT2D eigenvalue weighted by Gasteiger charge is -2.40. The molecule has 0 N–H and O–H groups in total. The smallest absolute Gasteiger partial charge is 0.178 e. The van der Waals surface area contributed by atoms with Gasteiger partial charge >= 0.3 is 0 Å². The molecule has 0 aromatic heterocycles. The molecule has 7 rings (SSSR count). The number of hydrogen-bond acceptors (Lipinski definition) is 7. The lowest BCUT2D eigenvalue weighted by molar-refractivity contribution is 0.143. The van der Waals surface area contributed by atoms with Gasteiger partial charge in [0, 0.05) is 54.9 Å². The van der Waals surface area contributed by atoms with Gasteiger partial charge in [0.05, 0.1) is 28.4 Å². The topological polar surface area (TPSA) is 64.6 Å². The Kier molecular flexibility index (Phi) is 8.73. The Labute approximate surface area is 287 Å². The Bertz CT molecular complexity index is 1960. The normalized spacial score (nSPS) is 14.8. The molecule has 0 saturated heterocycles. The monoisotopic (exact) mass is 658 g/mol. The molecular formula is C42H42O7. The summed E-state index contributed by atoms with van der Waals surface area (Å²) < 4.78 is 41.7. The number of benzene rings is 5. The van der Waals surface area contributed by atoms with Crippen molar-refractivity contribution in [3.05, 3.63) is 119 Å². The van der Waals surface area contributed by atoms with Gasteiger partial charge in [0.1, 0.15) is 28.7 Å². The lowest BCUT2D eigenvalue weighted by atomic mass is 9.70. The third kappa shape index (κ3) is 5.20. The van der Waals surface area contributed by atoms with Crippen LogP contribution in [0.15, 0.2) is 91.0 Å². The molecule has 1 heterocycles. The maximum absolute atomic E-state index is 7.51. The quantitative estimate of drug-likeness (QED) is 0.133. The van der Waals surface area contributed by atoms with Gasteiger partial charge in [-0.05, 0) is 101 Å². The van der Waals surface area contributed by atoms with E-state index in [1.54, 1.807) is 42.7 Å². The van der Waals surface area contributed by atoms with Crippen molar-refractivity contribution in [3.8, 4) is 39.9 Å². The van der Waals surface area contributed by atoms with Crippen molar-refractivity contribution < 1.29 is 33.2 Å². The predicted molar refractivity (Wildman–Crippen MR) is 193 cm³/mol. The van der Waals surface area contributed by atoms with Crippen LogP contribution in [0.2, 0.25) is 0 Å². The van der Waals surface area contributed by atoms with Crippen LogP contribution >= 0.6 is 0 Å². The largest absolute Gasteiger partial charge is 0.497 e. The summed E-state index contributed by atoms with van der Waals surface area (Å²) in [6.45, 7) is 1.14. The van der Waals surface area contributed by atoms with Crippen molar-refractivity contribution in [1.29, 1.82) is 0 Å². The van der Waals surface area contributed by atoms with Crippen LogP contribution in [0.1, 0.15) is 40.7 Å². The zero-order valence-electron chi connectivity index (χ0n) is 28.9. The standard InChI is InChI=1S/C42H42O7/c1-43-23-21-41(22-24-44-2)37-26-32(48-6)16-18-34(37)38-33-17-15-31(47-5)25-36(33)40-35(39(38)41)19-20-42(49-40,27-7-11-29(45-3)12-8-27)28-9-13-30(46-4)14-10-28/h7-20,25-26H,21-24H2,1-6H3. The summed E-state index contributed by atoms with van der Waals surface area (Å²) >= 11 is 0. The first-order valence-corrected chi connectivity index (χ1v) is 16.5. The molecule has 7 heteroatoms. The first-order chi connectivity index (χ1) is 24.0. The van der Waals surface area contributed by atoms with Crippen molar-refractivity contribution in [2.75, 3.05) is 55.9 Å². The number of ether oxygens (including phenoxy) is 7. The van der Waals surface area contributed by atoms with Crippen molar-refractivity contribution in [1.82, 2.24) is 0 Å². The van der Waals surface area contributed by atoms with Gasteiger partial charge in [-0.1, -0.05) is 36.4 Å². The zero-order valence-corrected chi connectivity index (χ0v) is 28.9. The van der Waals surface area contributed by atoms with E-state index in [-0.39, 0.29) is 0 Å². The second kappa shape index (κ2) is 13.1. The van der Waals surface area contributed by atoms with Crippen LogP contribution < -0.4 is 23.7 Å². The molecule has 0 unspecified atom stereocenters. The van der Waals surface area contributed by atoms with Gasteiger partial charge in [0.25, 0.3) is 0 Å². The molecule has 2 aliphatic rings. The highest BCUT2D eigenvalue weighted by Crippen LogP contribution is 2.61. The number of methoxy groups -OCH3 is 6. The second-order valence-electron chi connectivity index (χ2n) is 12.5. The van der Waals surface area contributed by atoms with Gasteiger partial charge in [-0.15, -0.1) is 0 Å². The van der Waals surface area contributed by atoms with E-state index in [0.717, 1.165) is 69.1 Å². The Morgan fingerprint density at radius 3 is 1.65 bits per heavy atom. The predicted octanol–water partition coefficient (Wildman–Crippen LogP) is 8.56. The third-order valence-corrected chi connectivity index (χ3v) is 10.2. The molecule has 0 saturated carbocycles. The fourth-order valence-electron chi connectivity index (χ4n) is 7.78. The fraction of sp³-hybridized carbons (Fsp3) is 0.286. The Morgan fingerprint density at radius 1 is 0.571 bits per heavy atom. The van der Waals surface area contributed by atoms with E-state index in [9.17, 15) is 0 Å². The van der Waals surface area contributed by atoms with Gasteiger partial charge in [0.2, 0.25) is 0 Å². The Balaban J connectivity index is 1.57. The summed E-state index contributed by atoms with van der Waals surface area (Å²) in [5.74, 6) is 3.91. The maximum atomic E-state index is 7.51. The van der Waals surface area contributed by atoms with E-state index in [4.69, 9.17) is 33.2 Å². The summed E-state index contributed by atoms with van der Waals surface area (Å²) in [5.41, 5.74) is 6.38. The summed E-state index contributed by atoms with van der Waals surface area (Å²) in [4.78, 5) is 0. The van der Waals surface area contributed by atoms with Crippen LogP contribution in [0.5, 0.6) is 28.7 Å². The van der Waals surface area contributed by atoms with E-state index >= 15 is 0 Å². The van der Waals surface area contributed by atoms with Crippen molar-refractivity contribution in [3.63, 3.8) is 0 Å². The minimum Gasteiger partial charge on any atom is -0.497 e. The van der Waals surface area contributed by atoms with E-state index in [1.165, 1.54) is 22.3 Å². The number of hydrogen-bond donors (Lipinski definition) is 0. The average molecular weight is 659 g/mol. The molecule has 49 heavy (non-hydrogen) atoms. The molecule has 0 radical (unpaired) electrons. The SMILES string of the molecule is COCCC1(CCOC)c2cc(OC)ccc2-c2c1c1c(c3cc(OC)ccc23)OC(c2ccc(OC)cc2)(c2ccc(OC)cc2)C=C1. The lowest BCUT2D eigenvalue weighted by Crippen LogP contribution is -2.36. The molecular weight excluding hydrogens is 616 g/mol. The fourth-order valence-corrected chi connectivity index (χ4v) is 7.78. The van der Waals surface area contributed by atoms with Crippen LogP contribution in [0.4, 0.5) is 0 Å². The molecule has 5 aromatic carbocycles. The van der Waals surface area contributed by atoms with E-state index < -0.39 is 11.0 Å². The molecule has 252 valence electrons. The highest BCUT2D eigenvalue weighted by atomic mass is 16.5. The van der Waals surface area contributed by atoms with Crippen molar-refractivity contribution >= 4 is 16.8 Å². The van der Waals surface area contributed by atoms with Crippen molar-refractivity contribution in [2.24, 2.45) is 0 Å². The molecule has 7 nitrogen and oxygen atoms in total. The summed E-state index contributed by atoms with van der Waals surface area (Å²) in [7, 11) is 10.3. The zero-order chi connectivity index (χ0) is 34.2. The Hall–Kier alpha value is -4.98. The van der Waals surface area contributed by atoms with Crippen LogP contribution in [-0.2, 0) is 20.5 Å². The molecule has 0 amide bonds. The van der Waals surface area contributed by atoms with Gasteiger partial charge < -0.3 is 33.2 Å². The third-order valence-electron chi connectivity index (χ3n) is 10.2. The molecule has 0 fully saturated rings. The molecule has 0 atom stereocenters. The minimum atomic E-state index is -0.952. The number of rotatable bonds is 12. The molecule has 0 spiro atoms. The second-order valence-corrected chi connectivity index (χ2v) is 12.5. The molecule has 0 bridgehead atoms. The Morgan fingerprint density at radius 2 is 1.10 bits per heavy atom.